The molecule has 0 aromatic heterocycles. The summed E-state index contributed by atoms with van der Waals surface area (Å²) >= 11 is 0. The minimum absolute atomic E-state index is 0.436. The van der Waals surface area contributed by atoms with E-state index in [2.05, 4.69) is 215 Å². The van der Waals surface area contributed by atoms with Crippen molar-refractivity contribution in [1.29, 1.82) is 0 Å². The lowest BCUT2D eigenvalue weighted by Gasteiger charge is -2.64. The van der Waals surface area contributed by atoms with Crippen LogP contribution in [0.2, 0.25) is 0 Å². The van der Waals surface area contributed by atoms with Gasteiger partial charge in [-0.1, -0.05) is 230 Å². The number of benzene rings is 4. The van der Waals surface area contributed by atoms with E-state index in [-0.39, 0.29) is 0 Å². The van der Waals surface area contributed by atoms with E-state index in [9.17, 15) is 0 Å². The third kappa shape index (κ3) is 9.92. The Kier molecular flexibility index (Phi) is 17.1. The summed E-state index contributed by atoms with van der Waals surface area (Å²) in [6.07, 6.45) is 0. The normalized spacial score (nSPS) is 15.1. The van der Waals surface area contributed by atoms with Crippen LogP contribution in [0.3, 0.4) is 0 Å². The average Bonchev–Trinajstić information content (AvgIpc) is 3.19. The van der Waals surface area contributed by atoms with Crippen molar-refractivity contribution >= 4 is 50.6 Å². The molecule has 350 valence electrons. The fourth-order valence-corrected chi connectivity index (χ4v) is 63.8. The Morgan fingerprint density at radius 1 is 0.281 bits per heavy atom. The van der Waals surface area contributed by atoms with Gasteiger partial charge in [-0.25, -0.2) is 0 Å². The quantitative estimate of drug-likeness (QED) is 0.0776. The zero-order chi connectivity index (χ0) is 48.2. The topological polar surface area (TPSA) is 0 Å². The van der Waals surface area contributed by atoms with E-state index in [1.54, 1.807) is 44.5 Å². The highest BCUT2D eigenvalue weighted by Crippen LogP contribution is 2.47. The molecule has 1 heterocycles. The summed E-state index contributed by atoms with van der Waals surface area (Å²) in [4.78, 5) is 0. The van der Waals surface area contributed by atoms with Gasteiger partial charge < -0.3 is 7.68 Å². The lowest BCUT2D eigenvalue weighted by Crippen LogP contribution is -2.79. The van der Waals surface area contributed by atoms with Crippen LogP contribution in [0.25, 0.3) is 0 Å². The smallest absolute Gasteiger partial charge is 0.0128 e. The molecule has 0 saturated heterocycles. The summed E-state index contributed by atoms with van der Waals surface area (Å²) in [5.41, 5.74) is 19.5. The molecule has 0 unspecified atom stereocenters. The molecule has 1 aliphatic rings. The van der Waals surface area contributed by atoms with E-state index in [0.717, 1.165) is 0 Å². The third-order valence-corrected chi connectivity index (χ3v) is 56.6. The van der Waals surface area contributed by atoms with E-state index in [1.165, 1.54) is 22.3 Å². The Morgan fingerprint density at radius 2 is 0.484 bits per heavy atom. The summed E-state index contributed by atoms with van der Waals surface area (Å²) in [7, 11) is -3.31. The molecule has 1 aliphatic heterocycles. The van der Waals surface area contributed by atoms with E-state index < -0.39 is 22.2 Å². The zero-order valence-electron chi connectivity index (χ0n) is 45.5. The summed E-state index contributed by atoms with van der Waals surface area (Å²) < 4.78 is 0. The highest BCUT2D eigenvalue weighted by atomic mass is 31.6. The first-order chi connectivity index (χ1) is 29.7. The molecule has 5 rings (SSSR count). The molecule has 0 radical (unpaired) electrons. The molecule has 64 heavy (non-hydrogen) atoms. The van der Waals surface area contributed by atoms with Gasteiger partial charge >= 0.3 is 0 Å². The van der Waals surface area contributed by atoms with Crippen molar-refractivity contribution in [3.05, 3.63) is 115 Å². The summed E-state index contributed by atoms with van der Waals surface area (Å²) in [5.74, 6) is 5.55. The van der Waals surface area contributed by atoms with Gasteiger partial charge in [0.25, 0.3) is 0 Å². The second-order valence-electron chi connectivity index (χ2n) is 23.7. The molecule has 0 atom stereocenters. The van der Waals surface area contributed by atoms with Crippen molar-refractivity contribution in [2.24, 2.45) is 0 Å². The van der Waals surface area contributed by atoms with Crippen molar-refractivity contribution < 1.29 is 0 Å². The fourth-order valence-electron chi connectivity index (χ4n) is 10.6. The first kappa shape index (κ1) is 52.9. The predicted molar refractivity (Wildman–Crippen MR) is 298 cm³/mol. The van der Waals surface area contributed by atoms with Crippen molar-refractivity contribution in [1.82, 2.24) is 0 Å². The van der Waals surface area contributed by atoms with Crippen LogP contribution in [0, 0.1) is 0 Å². The van der Waals surface area contributed by atoms with E-state index in [1.807, 2.05) is 28.4 Å². The molecule has 0 spiro atoms. The van der Waals surface area contributed by atoms with Gasteiger partial charge in [-0.3, -0.25) is 0 Å². The van der Waals surface area contributed by atoms with Crippen LogP contribution >= 0.6 is 7.68 Å². The van der Waals surface area contributed by atoms with E-state index >= 15 is 0 Å². The van der Waals surface area contributed by atoms with Gasteiger partial charge in [-0.2, -0.15) is 0 Å². The molecule has 4 heteroatoms. The number of rotatable bonds is 16. The maximum Gasteiger partial charge on any atom is -0.0128 e. The zero-order valence-corrected chi connectivity index (χ0v) is 49.4. The van der Waals surface area contributed by atoms with E-state index in [4.69, 9.17) is 0 Å². The molecule has 0 nitrogen and oxygen atoms in total. The lowest BCUT2D eigenvalue weighted by atomic mass is 9.89. The highest BCUT2D eigenvalue weighted by Gasteiger charge is 2.48. The fraction of sp³-hybridized carbons (Fsp3) is 0.600. The van der Waals surface area contributed by atoms with Gasteiger partial charge in [0.2, 0.25) is 0 Å². The Morgan fingerprint density at radius 3 is 0.688 bits per heavy atom. The Hall–Kier alpha value is -2.04. The summed E-state index contributed by atoms with van der Waals surface area (Å²) in [6, 6.07) is 21.8. The Bertz CT molecular complexity index is 2150. The lowest BCUT2D eigenvalue weighted by molar-refractivity contribution is 0.809. The van der Waals surface area contributed by atoms with Crippen LogP contribution in [0.4, 0.5) is 0 Å². The van der Waals surface area contributed by atoms with Crippen LogP contribution in [-0.2, 0) is 0 Å². The molecular weight excluding hydrogens is 836 g/mol. The van der Waals surface area contributed by atoms with Crippen molar-refractivity contribution in [3.8, 4) is 0 Å². The van der Waals surface area contributed by atoms with Crippen molar-refractivity contribution in [2.75, 3.05) is 0 Å². The standard InChI is InChI=1S/C60H92PSi3/c1-33(2)45-25-49(37(9)10)57(50(26-45)38(11)12)62-61-64(59-53(41(17)18)29-47(35(5)6)30-54(59)42(19)20,60-55(43(21)22)31-48(36(7)8)32-56(60)44(23)24)63(62)58-51(39(13)14)27-46(34(3)4)28-52(58)40(15)16/h25-44H,1-24H3/q-1. The van der Waals surface area contributed by atoms with E-state index in [0.29, 0.717) is 71.0 Å². The molecule has 4 aromatic rings. The van der Waals surface area contributed by atoms with Crippen LogP contribution < -0.4 is 20.7 Å². The second-order valence-corrected chi connectivity index (χ2v) is 45.6. The highest BCUT2D eigenvalue weighted by molar-refractivity contribution is 8.28. The molecule has 0 saturated carbocycles. The second kappa shape index (κ2) is 20.7. The molecule has 0 amide bonds. The summed E-state index contributed by atoms with van der Waals surface area (Å²) in [5, 5.41) is 7.43. The van der Waals surface area contributed by atoms with Crippen LogP contribution in [0.15, 0.2) is 48.5 Å². The molecule has 0 N–H and O–H groups in total. The van der Waals surface area contributed by atoms with Gasteiger partial charge in [0.1, 0.15) is 0 Å². The number of hydrogen-bond donors (Lipinski definition) is 0. The molecule has 4 aromatic carbocycles. The largest absolute Gasteiger partial charge is 0.513 e. The molecule has 0 aliphatic carbocycles. The maximum atomic E-state index is 2.74. The minimum Gasteiger partial charge on any atom is -0.513 e. The van der Waals surface area contributed by atoms with Gasteiger partial charge in [0.15, 0.2) is 0 Å². The average molecular weight is 929 g/mol. The molecule has 0 fully saturated rings. The number of hydrogen-bond acceptors (Lipinski definition) is 0. The molecule has 0 bridgehead atoms. The van der Waals surface area contributed by atoms with Crippen LogP contribution in [0.5, 0.6) is 0 Å². The Labute approximate surface area is 400 Å². The Balaban J connectivity index is 2.34. The maximum absolute atomic E-state index is 2.74. The van der Waals surface area contributed by atoms with Gasteiger partial charge in [0.05, 0.1) is 0 Å². The van der Waals surface area contributed by atoms with Crippen LogP contribution in [-0.4, -0.2) is 22.2 Å². The predicted octanol–water partition coefficient (Wildman–Crippen LogP) is 16.6. The monoisotopic (exact) mass is 928 g/mol. The first-order valence-electron chi connectivity index (χ1n) is 25.9. The van der Waals surface area contributed by atoms with Gasteiger partial charge in [-0.15, -0.1) is 7.56 Å². The van der Waals surface area contributed by atoms with Gasteiger partial charge in [0, 0.05) is 0 Å². The third-order valence-electron chi connectivity index (χ3n) is 14.6. The SMILES string of the molecule is CC(C)c1cc(C(C)C)c([Si]2=[Si](c3c(C(C)C)cc(C(C)C)cc3C(C)C)[Si](c3c(C(C)C)cc(C(C)C)cc3C(C)C)(c3c(C(C)C)cc(C(C)C)cc3C(C)C)[P-]2)c(C(C)C)c1. The van der Waals surface area contributed by atoms with Gasteiger partial charge in [-0.05, 0) is 158 Å². The summed E-state index contributed by atoms with van der Waals surface area (Å²) in [6.45, 7) is 59.8. The molecular formula is C60H92PSi3-. The minimum atomic E-state index is -2.69. The first-order valence-corrected chi connectivity index (χ1v) is 35.5. The van der Waals surface area contributed by atoms with Crippen molar-refractivity contribution in [2.45, 2.75) is 237 Å². The van der Waals surface area contributed by atoms with Crippen molar-refractivity contribution in [3.63, 3.8) is 0 Å². The van der Waals surface area contributed by atoms with Crippen LogP contribution in [0.1, 0.15) is 304 Å².